The third-order valence-corrected chi connectivity index (χ3v) is 4.36. The van der Waals surface area contributed by atoms with Crippen LogP contribution in [0.15, 0.2) is 6.07 Å². The van der Waals surface area contributed by atoms with Crippen LogP contribution in [0.1, 0.15) is 28.2 Å². The van der Waals surface area contributed by atoms with Gasteiger partial charge in [-0.2, -0.15) is 0 Å². The highest BCUT2D eigenvalue weighted by molar-refractivity contribution is 7.12. The predicted molar refractivity (Wildman–Crippen MR) is 52.8 cm³/mol. The lowest BCUT2D eigenvalue weighted by molar-refractivity contribution is 0.112. The Kier molecular flexibility index (Phi) is 1.57. The lowest BCUT2D eigenvalue weighted by Crippen LogP contribution is -2.16. The van der Waals surface area contributed by atoms with E-state index in [1.165, 1.54) is 15.3 Å². The van der Waals surface area contributed by atoms with Gasteiger partial charge in [-0.1, -0.05) is 0 Å². The molecule has 0 spiro atoms. The number of hydrogen-bond acceptors (Lipinski definition) is 3. The molecule has 1 fully saturated rings. The van der Waals surface area contributed by atoms with Gasteiger partial charge in [0, 0.05) is 16.2 Å². The van der Waals surface area contributed by atoms with Gasteiger partial charge < -0.3 is 10.5 Å². The maximum Gasteiger partial charge on any atom is 0.0727 e. The largest absolute Gasteiger partial charge is 0.376 e. The van der Waals surface area contributed by atoms with E-state index in [1.807, 2.05) is 11.3 Å². The number of ether oxygens (including phenoxy) is 1. The van der Waals surface area contributed by atoms with Gasteiger partial charge in [0.15, 0.2) is 0 Å². The Morgan fingerprint density at radius 3 is 3.00 bits per heavy atom. The smallest absolute Gasteiger partial charge is 0.0727 e. The van der Waals surface area contributed by atoms with Gasteiger partial charge in [0.1, 0.15) is 0 Å². The quantitative estimate of drug-likeness (QED) is 0.741. The van der Waals surface area contributed by atoms with Crippen molar-refractivity contribution in [3.8, 4) is 0 Å². The lowest BCUT2D eigenvalue weighted by Gasteiger charge is -2.10. The van der Waals surface area contributed by atoms with Crippen LogP contribution in [0, 0.1) is 0 Å². The maximum atomic E-state index is 6.15. The monoisotopic (exact) mass is 195 g/mol. The van der Waals surface area contributed by atoms with Gasteiger partial charge in [-0.15, -0.1) is 11.3 Å². The number of hydrogen-bond donors (Lipinski definition) is 1. The minimum Gasteiger partial charge on any atom is -0.376 e. The van der Waals surface area contributed by atoms with Crippen LogP contribution in [-0.4, -0.2) is 6.61 Å². The van der Waals surface area contributed by atoms with Gasteiger partial charge in [0.05, 0.1) is 18.8 Å². The number of rotatable bonds is 1. The Morgan fingerprint density at radius 1 is 1.46 bits per heavy atom. The minimum absolute atomic E-state index is 0.0437. The second kappa shape index (κ2) is 2.56. The highest BCUT2D eigenvalue weighted by Crippen LogP contribution is 2.46. The molecule has 0 aromatic carbocycles. The van der Waals surface area contributed by atoms with Crippen LogP contribution >= 0.6 is 11.3 Å². The standard InChI is InChI=1S/C10H13NOS/c11-10(2-3-10)9-5-7-6-12-4-1-8(7)13-9/h5H,1-4,6,11H2. The molecule has 2 nitrogen and oxygen atoms in total. The van der Waals surface area contributed by atoms with Gasteiger partial charge in [-0.05, 0) is 24.5 Å². The Balaban J connectivity index is 2.00. The van der Waals surface area contributed by atoms with Crippen LogP contribution in [0.5, 0.6) is 0 Å². The molecular formula is C10H13NOS. The van der Waals surface area contributed by atoms with Crippen molar-refractivity contribution < 1.29 is 4.74 Å². The van der Waals surface area contributed by atoms with Crippen LogP contribution in [0.4, 0.5) is 0 Å². The van der Waals surface area contributed by atoms with Crippen molar-refractivity contribution in [2.75, 3.05) is 6.61 Å². The van der Waals surface area contributed by atoms with Gasteiger partial charge in [0.2, 0.25) is 0 Å². The Labute approximate surface area is 81.7 Å². The number of fused-ring (bicyclic) bond motifs is 1. The topological polar surface area (TPSA) is 35.2 Å². The van der Waals surface area contributed by atoms with Crippen molar-refractivity contribution in [3.05, 3.63) is 21.4 Å². The summed E-state index contributed by atoms with van der Waals surface area (Å²) in [6.45, 7) is 1.67. The molecule has 0 unspecified atom stereocenters. The molecule has 13 heavy (non-hydrogen) atoms. The first-order chi connectivity index (χ1) is 6.28. The summed E-state index contributed by atoms with van der Waals surface area (Å²) >= 11 is 1.90. The molecule has 0 atom stereocenters. The normalized spacial score (nSPS) is 24.1. The molecule has 0 bridgehead atoms. The Bertz CT molecular complexity index is 317. The lowest BCUT2D eigenvalue weighted by atomic mass is 10.1. The molecule has 0 radical (unpaired) electrons. The maximum absolute atomic E-state index is 6.15. The van der Waals surface area contributed by atoms with Crippen LogP contribution in [-0.2, 0) is 23.3 Å². The molecule has 1 aromatic heterocycles. The first kappa shape index (κ1) is 7.97. The molecule has 1 aliphatic carbocycles. The summed E-state index contributed by atoms with van der Waals surface area (Å²) in [7, 11) is 0. The van der Waals surface area contributed by atoms with E-state index in [2.05, 4.69) is 6.07 Å². The van der Waals surface area contributed by atoms with Crippen LogP contribution in [0.3, 0.4) is 0 Å². The van der Waals surface area contributed by atoms with Gasteiger partial charge in [-0.3, -0.25) is 0 Å². The first-order valence-electron chi connectivity index (χ1n) is 4.77. The zero-order chi connectivity index (χ0) is 8.89. The van der Waals surface area contributed by atoms with E-state index in [0.717, 1.165) is 32.5 Å². The van der Waals surface area contributed by atoms with Crippen LogP contribution < -0.4 is 5.73 Å². The van der Waals surface area contributed by atoms with Crippen molar-refractivity contribution in [2.45, 2.75) is 31.4 Å². The Hall–Kier alpha value is -0.380. The van der Waals surface area contributed by atoms with Crippen molar-refractivity contribution in [2.24, 2.45) is 5.73 Å². The predicted octanol–water partition coefficient (Wildman–Crippen LogP) is 1.77. The summed E-state index contributed by atoms with van der Waals surface area (Å²) in [6.07, 6.45) is 3.40. The summed E-state index contributed by atoms with van der Waals surface area (Å²) in [5.74, 6) is 0. The average Bonchev–Trinajstić information content (AvgIpc) is 2.76. The third-order valence-electron chi connectivity index (χ3n) is 2.91. The average molecular weight is 195 g/mol. The second-order valence-corrected chi connectivity index (χ2v) is 5.15. The molecule has 2 N–H and O–H groups in total. The summed E-state index contributed by atoms with van der Waals surface area (Å²) < 4.78 is 5.41. The fourth-order valence-corrected chi connectivity index (χ4v) is 3.08. The molecule has 1 aromatic rings. The molecule has 1 saturated carbocycles. The molecule has 70 valence electrons. The van der Waals surface area contributed by atoms with E-state index in [9.17, 15) is 0 Å². The fourth-order valence-electron chi connectivity index (χ4n) is 1.77. The van der Waals surface area contributed by atoms with Gasteiger partial charge in [0.25, 0.3) is 0 Å². The van der Waals surface area contributed by atoms with Crippen molar-refractivity contribution in [1.29, 1.82) is 0 Å². The molecule has 3 heteroatoms. The summed E-state index contributed by atoms with van der Waals surface area (Å²) in [5.41, 5.74) is 7.57. The van der Waals surface area contributed by atoms with E-state index in [1.54, 1.807) is 0 Å². The summed E-state index contributed by atoms with van der Waals surface area (Å²) in [6, 6.07) is 2.26. The highest BCUT2D eigenvalue weighted by atomic mass is 32.1. The molecular weight excluding hydrogens is 182 g/mol. The van der Waals surface area contributed by atoms with Crippen molar-refractivity contribution in [1.82, 2.24) is 0 Å². The number of thiophene rings is 1. The molecule has 2 aliphatic rings. The minimum atomic E-state index is 0.0437. The zero-order valence-electron chi connectivity index (χ0n) is 7.51. The summed E-state index contributed by atoms with van der Waals surface area (Å²) in [4.78, 5) is 2.88. The van der Waals surface area contributed by atoms with E-state index in [-0.39, 0.29) is 5.54 Å². The number of nitrogens with two attached hydrogens (primary N) is 1. The molecule has 1 aliphatic heterocycles. The SMILES string of the molecule is NC1(c2cc3c(s2)CCOC3)CC1. The molecule has 0 saturated heterocycles. The van der Waals surface area contributed by atoms with E-state index < -0.39 is 0 Å². The third kappa shape index (κ3) is 1.23. The summed E-state index contributed by atoms with van der Waals surface area (Å²) in [5, 5.41) is 0. The second-order valence-electron chi connectivity index (χ2n) is 4.02. The van der Waals surface area contributed by atoms with Crippen LogP contribution in [0.2, 0.25) is 0 Å². The first-order valence-corrected chi connectivity index (χ1v) is 5.58. The van der Waals surface area contributed by atoms with Gasteiger partial charge in [-0.25, -0.2) is 0 Å². The molecule has 2 heterocycles. The van der Waals surface area contributed by atoms with Crippen molar-refractivity contribution >= 4 is 11.3 Å². The van der Waals surface area contributed by atoms with E-state index in [0.29, 0.717) is 0 Å². The Morgan fingerprint density at radius 2 is 2.31 bits per heavy atom. The highest BCUT2D eigenvalue weighted by Gasteiger charge is 2.41. The van der Waals surface area contributed by atoms with E-state index >= 15 is 0 Å². The zero-order valence-corrected chi connectivity index (χ0v) is 8.32. The van der Waals surface area contributed by atoms with Crippen molar-refractivity contribution in [3.63, 3.8) is 0 Å². The van der Waals surface area contributed by atoms with Gasteiger partial charge >= 0.3 is 0 Å². The van der Waals surface area contributed by atoms with E-state index in [4.69, 9.17) is 10.5 Å². The molecule has 3 rings (SSSR count). The van der Waals surface area contributed by atoms with Crippen LogP contribution in [0.25, 0.3) is 0 Å². The molecule has 0 amide bonds. The fraction of sp³-hybridized carbons (Fsp3) is 0.600.